The number of rotatable bonds is 4. The number of hydrogen-bond acceptors (Lipinski definition) is 6. The molecule has 3 heterocycles. The van der Waals surface area contributed by atoms with Gasteiger partial charge in [0.05, 0.1) is 37.0 Å². The van der Waals surface area contributed by atoms with Gasteiger partial charge in [0.25, 0.3) is 0 Å². The fraction of sp³-hybridized carbons (Fsp3) is 0.400. The summed E-state index contributed by atoms with van der Waals surface area (Å²) in [5, 5.41) is 3.32. The van der Waals surface area contributed by atoms with Crippen molar-refractivity contribution >= 4 is 17.8 Å². The first-order valence-corrected chi connectivity index (χ1v) is 9.20. The number of carbonyl (C=O) groups is 3. The lowest BCUT2D eigenvalue weighted by Gasteiger charge is -2.32. The topological polar surface area (TPSA) is 93.5 Å². The molecule has 2 amide bonds. The molecule has 2 saturated heterocycles. The van der Waals surface area contributed by atoms with E-state index in [0.29, 0.717) is 5.56 Å². The standard InChI is InChI=1S/C20H22N4O4/c1-4-24-17(25)14-15(18(24)26)20(19(27)28-3,12-8-6-5-7-9-12)22-16(14)13-10-21-11-23(13)2/h5-11,14-16,22H,4H2,1-3H3/t14-,15-,16-,20-/m0/s1. The first-order chi connectivity index (χ1) is 13.5. The van der Waals surface area contributed by atoms with Gasteiger partial charge in [-0.3, -0.25) is 19.8 Å². The third-order valence-electron chi connectivity index (χ3n) is 5.88. The van der Waals surface area contributed by atoms with E-state index in [-0.39, 0.29) is 18.4 Å². The van der Waals surface area contributed by atoms with Gasteiger partial charge in [0.1, 0.15) is 0 Å². The smallest absolute Gasteiger partial charge is 0.331 e. The number of benzene rings is 1. The predicted octanol–water partition coefficient (Wildman–Crippen LogP) is 0.754. The van der Waals surface area contributed by atoms with Gasteiger partial charge in [-0.2, -0.15) is 0 Å². The fourth-order valence-corrected chi connectivity index (χ4v) is 4.63. The number of esters is 1. The minimum Gasteiger partial charge on any atom is -0.467 e. The highest BCUT2D eigenvalue weighted by atomic mass is 16.5. The van der Waals surface area contributed by atoms with Gasteiger partial charge in [-0.1, -0.05) is 30.3 Å². The van der Waals surface area contributed by atoms with E-state index in [0.717, 1.165) is 5.69 Å². The highest BCUT2D eigenvalue weighted by molar-refractivity contribution is 6.09. The zero-order valence-corrected chi connectivity index (χ0v) is 16.0. The fourth-order valence-electron chi connectivity index (χ4n) is 4.63. The zero-order chi connectivity index (χ0) is 20.1. The van der Waals surface area contributed by atoms with E-state index in [2.05, 4.69) is 10.3 Å². The molecule has 4 atom stereocenters. The van der Waals surface area contributed by atoms with E-state index in [1.54, 1.807) is 48.3 Å². The second kappa shape index (κ2) is 6.56. The number of carbonyl (C=O) groups excluding carboxylic acids is 3. The Bertz CT molecular complexity index is 941. The lowest BCUT2D eigenvalue weighted by atomic mass is 9.75. The first kappa shape index (κ1) is 18.4. The van der Waals surface area contributed by atoms with E-state index < -0.39 is 29.4 Å². The summed E-state index contributed by atoms with van der Waals surface area (Å²) in [5.74, 6) is -2.84. The molecule has 8 nitrogen and oxygen atoms in total. The largest absolute Gasteiger partial charge is 0.467 e. The van der Waals surface area contributed by atoms with Crippen LogP contribution >= 0.6 is 0 Å². The van der Waals surface area contributed by atoms with Gasteiger partial charge < -0.3 is 9.30 Å². The first-order valence-electron chi connectivity index (χ1n) is 9.20. The van der Waals surface area contributed by atoms with Crippen LogP contribution in [0.3, 0.4) is 0 Å². The molecular weight excluding hydrogens is 360 g/mol. The summed E-state index contributed by atoms with van der Waals surface area (Å²) in [5.41, 5.74) is -0.122. The summed E-state index contributed by atoms with van der Waals surface area (Å²) in [4.78, 5) is 45.0. The van der Waals surface area contributed by atoms with E-state index in [1.807, 2.05) is 13.1 Å². The zero-order valence-electron chi connectivity index (χ0n) is 16.0. The molecule has 0 spiro atoms. The Labute approximate surface area is 162 Å². The predicted molar refractivity (Wildman–Crippen MR) is 98.6 cm³/mol. The van der Waals surface area contributed by atoms with Crippen LogP contribution in [0, 0.1) is 11.8 Å². The second-order valence-corrected chi connectivity index (χ2v) is 7.14. The molecule has 4 rings (SSSR count). The number of nitrogens with zero attached hydrogens (tertiary/aromatic N) is 3. The van der Waals surface area contributed by atoms with E-state index in [9.17, 15) is 14.4 Å². The molecule has 0 saturated carbocycles. The van der Waals surface area contributed by atoms with Gasteiger partial charge in [0.2, 0.25) is 11.8 Å². The maximum atomic E-state index is 13.3. The van der Waals surface area contributed by atoms with Crippen molar-refractivity contribution in [2.24, 2.45) is 18.9 Å². The molecule has 2 aliphatic rings. The van der Waals surface area contributed by atoms with E-state index in [1.165, 1.54) is 12.0 Å². The highest BCUT2D eigenvalue weighted by Crippen LogP contribution is 2.53. The number of fused-ring (bicyclic) bond motifs is 1. The molecule has 1 aromatic heterocycles. The van der Waals surface area contributed by atoms with Crippen LogP contribution in [0.1, 0.15) is 24.2 Å². The lowest BCUT2D eigenvalue weighted by molar-refractivity contribution is -0.154. The third kappa shape index (κ3) is 2.27. The van der Waals surface area contributed by atoms with Crippen LogP contribution < -0.4 is 5.32 Å². The summed E-state index contributed by atoms with van der Waals surface area (Å²) >= 11 is 0. The molecule has 0 radical (unpaired) electrons. The molecular formula is C20H22N4O4. The van der Waals surface area contributed by atoms with Crippen molar-refractivity contribution in [1.29, 1.82) is 0 Å². The van der Waals surface area contributed by atoms with Crippen molar-refractivity contribution < 1.29 is 19.1 Å². The normalized spacial score (nSPS) is 29.2. The lowest BCUT2D eigenvalue weighted by Crippen LogP contribution is -2.53. The van der Waals surface area contributed by atoms with Crippen LogP contribution in [0.15, 0.2) is 42.9 Å². The number of likely N-dealkylation sites (tertiary alicyclic amines) is 1. The second-order valence-electron chi connectivity index (χ2n) is 7.14. The molecule has 28 heavy (non-hydrogen) atoms. The van der Waals surface area contributed by atoms with Crippen molar-refractivity contribution in [3.8, 4) is 0 Å². The average Bonchev–Trinajstić information content (AvgIpc) is 3.36. The van der Waals surface area contributed by atoms with Crippen LogP contribution in [0.4, 0.5) is 0 Å². The molecule has 2 fully saturated rings. The maximum Gasteiger partial charge on any atom is 0.331 e. The van der Waals surface area contributed by atoms with Gasteiger partial charge in [-0.25, -0.2) is 9.78 Å². The van der Waals surface area contributed by atoms with Crippen molar-refractivity contribution in [2.75, 3.05) is 13.7 Å². The number of imide groups is 1. The number of ether oxygens (including phenoxy) is 1. The Morgan fingerprint density at radius 1 is 1.25 bits per heavy atom. The summed E-state index contributed by atoms with van der Waals surface area (Å²) in [6.45, 7) is 2.01. The van der Waals surface area contributed by atoms with Crippen molar-refractivity contribution in [2.45, 2.75) is 18.5 Å². The van der Waals surface area contributed by atoms with Gasteiger partial charge in [-0.05, 0) is 12.5 Å². The number of nitrogens with one attached hydrogen (secondary N) is 1. The Hall–Kier alpha value is -3.00. The molecule has 0 aliphatic carbocycles. The SMILES string of the molecule is CCN1C(=O)[C@H]2[C@@H](C1=O)[C@](C(=O)OC)(c1ccccc1)N[C@H]2c1cncn1C. The molecule has 146 valence electrons. The number of aromatic nitrogens is 2. The van der Waals surface area contributed by atoms with Crippen molar-refractivity contribution in [3.63, 3.8) is 0 Å². The van der Waals surface area contributed by atoms with Gasteiger partial charge >= 0.3 is 5.97 Å². The molecule has 1 N–H and O–H groups in total. The van der Waals surface area contributed by atoms with E-state index in [4.69, 9.17) is 4.74 Å². The van der Waals surface area contributed by atoms with Crippen LogP contribution in [0.2, 0.25) is 0 Å². The number of imidazole rings is 1. The Kier molecular flexibility index (Phi) is 4.30. The number of methoxy groups -OCH3 is 1. The van der Waals surface area contributed by atoms with Crippen LogP contribution in [0.5, 0.6) is 0 Å². The summed E-state index contributed by atoms with van der Waals surface area (Å²) < 4.78 is 6.93. The Balaban J connectivity index is 1.96. The number of amides is 2. The number of hydrogen-bond donors (Lipinski definition) is 1. The molecule has 2 aromatic rings. The quantitative estimate of drug-likeness (QED) is 0.620. The van der Waals surface area contributed by atoms with Crippen LogP contribution in [0.25, 0.3) is 0 Å². The van der Waals surface area contributed by atoms with Crippen molar-refractivity contribution in [3.05, 3.63) is 54.1 Å². The average molecular weight is 382 g/mol. The summed E-state index contributed by atoms with van der Waals surface area (Å²) in [6.07, 6.45) is 3.28. The molecule has 0 unspecified atom stereocenters. The highest BCUT2D eigenvalue weighted by Gasteiger charge is 2.69. The van der Waals surface area contributed by atoms with Gasteiger partial charge in [0, 0.05) is 19.8 Å². The van der Waals surface area contributed by atoms with Gasteiger partial charge in [-0.15, -0.1) is 0 Å². The minimum absolute atomic E-state index is 0.259. The minimum atomic E-state index is -1.45. The van der Waals surface area contributed by atoms with Gasteiger partial charge in [0.15, 0.2) is 5.54 Å². The maximum absolute atomic E-state index is 13.3. The molecule has 8 heteroatoms. The summed E-state index contributed by atoms with van der Waals surface area (Å²) in [6, 6.07) is 8.43. The van der Waals surface area contributed by atoms with Crippen LogP contribution in [-0.2, 0) is 31.7 Å². The molecule has 2 aliphatic heterocycles. The molecule has 1 aromatic carbocycles. The summed E-state index contributed by atoms with van der Waals surface area (Å²) in [7, 11) is 3.11. The van der Waals surface area contributed by atoms with Crippen LogP contribution in [-0.4, -0.2) is 45.9 Å². The molecule has 0 bridgehead atoms. The Morgan fingerprint density at radius 3 is 2.54 bits per heavy atom. The Morgan fingerprint density at radius 2 is 1.96 bits per heavy atom. The van der Waals surface area contributed by atoms with Crippen molar-refractivity contribution in [1.82, 2.24) is 19.8 Å². The van der Waals surface area contributed by atoms with E-state index >= 15 is 0 Å². The number of aryl methyl sites for hydroxylation is 1. The third-order valence-corrected chi connectivity index (χ3v) is 5.88. The monoisotopic (exact) mass is 382 g/mol.